The molecule has 238 valence electrons. The maximum Gasteiger partial charge on any atom is 0.248 e. The Morgan fingerprint density at radius 3 is 2.56 bits per heavy atom. The number of piperazine rings is 1. The molecule has 3 fully saturated rings. The van der Waals surface area contributed by atoms with E-state index in [4.69, 9.17) is 9.47 Å². The highest BCUT2D eigenvalue weighted by atomic mass is 19.3. The van der Waals surface area contributed by atoms with Gasteiger partial charge in [0.25, 0.3) is 0 Å². The van der Waals surface area contributed by atoms with Gasteiger partial charge in [0.2, 0.25) is 23.6 Å². The van der Waals surface area contributed by atoms with Crippen LogP contribution in [-0.2, 0) is 19.1 Å². The summed E-state index contributed by atoms with van der Waals surface area (Å²) >= 11 is 0. The van der Waals surface area contributed by atoms with Crippen molar-refractivity contribution in [3.63, 3.8) is 0 Å². The Kier molecular flexibility index (Phi) is 9.90. The maximum atomic E-state index is 14.5. The highest BCUT2D eigenvalue weighted by Gasteiger charge is 2.48. The van der Waals surface area contributed by atoms with Crippen LogP contribution in [0.1, 0.15) is 77.3 Å². The van der Waals surface area contributed by atoms with Gasteiger partial charge in [-0.15, -0.1) is 0 Å². The Labute approximate surface area is 253 Å². The van der Waals surface area contributed by atoms with Crippen molar-refractivity contribution in [2.24, 2.45) is 11.8 Å². The van der Waals surface area contributed by atoms with Crippen LogP contribution in [0.5, 0.6) is 5.75 Å². The van der Waals surface area contributed by atoms with Crippen molar-refractivity contribution in [3.8, 4) is 5.75 Å². The molecule has 1 aromatic rings. The van der Waals surface area contributed by atoms with Crippen LogP contribution in [0.2, 0.25) is 0 Å². The van der Waals surface area contributed by atoms with Gasteiger partial charge in [0.1, 0.15) is 17.8 Å². The molecule has 3 heterocycles. The van der Waals surface area contributed by atoms with E-state index in [9.17, 15) is 23.2 Å². The second-order valence-corrected chi connectivity index (χ2v) is 12.7. The Morgan fingerprint density at radius 1 is 1.09 bits per heavy atom. The van der Waals surface area contributed by atoms with E-state index >= 15 is 0 Å². The third-order valence-corrected chi connectivity index (χ3v) is 9.80. The highest BCUT2D eigenvalue weighted by molar-refractivity contribution is 5.93. The Bertz CT molecular complexity index is 1160. The molecule has 0 bridgehead atoms. The number of hydrogen-bond acceptors (Lipinski definition) is 6. The first-order chi connectivity index (χ1) is 20.6. The van der Waals surface area contributed by atoms with Gasteiger partial charge >= 0.3 is 0 Å². The molecule has 6 atom stereocenters. The molecule has 1 saturated carbocycles. The number of carbonyl (C=O) groups excluding carboxylic acids is 3. The fraction of sp³-hybridized carbons (Fsp3) is 0.719. The molecule has 0 radical (unpaired) electrons. The SMILES string of the molecule is CCO[C@@H]1C[C@@H]2CN(C(=O)[C@@H](NC(=O)[C@@H](C)CC)C3CCC(F)(F)CC3)[C@H](C(=O)N[C@@H]3CCOc4ccccc43)CN2C1. The van der Waals surface area contributed by atoms with Crippen LogP contribution >= 0.6 is 0 Å². The largest absolute Gasteiger partial charge is 0.493 e. The van der Waals surface area contributed by atoms with E-state index < -0.39 is 23.9 Å². The zero-order valence-corrected chi connectivity index (χ0v) is 25.5. The summed E-state index contributed by atoms with van der Waals surface area (Å²) in [6, 6.07) is 5.60. The molecule has 43 heavy (non-hydrogen) atoms. The molecule has 3 aliphatic heterocycles. The summed E-state index contributed by atoms with van der Waals surface area (Å²) in [5.74, 6) is -3.69. The molecule has 0 spiro atoms. The molecule has 1 aliphatic carbocycles. The number of hydrogen-bond donors (Lipinski definition) is 2. The number of ether oxygens (including phenoxy) is 2. The average Bonchev–Trinajstić information content (AvgIpc) is 3.40. The Morgan fingerprint density at radius 2 is 1.84 bits per heavy atom. The van der Waals surface area contributed by atoms with E-state index in [0.29, 0.717) is 45.7 Å². The molecular formula is C32H46F2N4O5. The number of halogens is 2. The number of nitrogens with one attached hydrogen (secondary N) is 2. The lowest BCUT2D eigenvalue weighted by Gasteiger charge is -2.45. The molecule has 4 aliphatic rings. The van der Waals surface area contributed by atoms with E-state index in [-0.39, 0.29) is 67.5 Å². The summed E-state index contributed by atoms with van der Waals surface area (Å²) in [7, 11) is 0. The number of rotatable bonds is 9. The van der Waals surface area contributed by atoms with Gasteiger partial charge in [0.15, 0.2) is 0 Å². The van der Waals surface area contributed by atoms with Gasteiger partial charge in [-0.25, -0.2) is 8.78 Å². The molecule has 1 aromatic carbocycles. The lowest BCUT2D eigenvalue weighted by atomic mass is 9.81. The maximum absolute atomic E-state index is 14.5. The zero-order chi connectivity index (χ0) is 30.7. The van der Waals surface area contributed by atoms with Crippen molar-refractivity contribution >= 4 is 17.7 Å². The summed E-state index contributed by atoms with van der Waals surface area (Å²) in [4.78, 5) is 45.5. The third-order valence-electron chi connectivity index (χ3n) is 9.80. The second-order valence-electron chi connectivity index (χ2n) is 12.7. The van der Waals surface area contributed by atoms with Crippen molar-refractivity contribution in [2.45, 2.75) is 102 Å². The number of amides is 3. The minimum Gasteiger partial charge on any atom is -0.493 e. The zero-order valence-electron chi connectivity index (χ0n) is 25.5. The van der Waals surface area contributed by atoms with Gasteiger partial charge in [0.05, 0.1) is 18.8 Å². The molecule has 9 nitrogen and oxygen atoms in total. The van der Waals surface area contributed by atoms with Crippen LogP contribution in [0.25, 0.3) is 0 Å². The quantitative estimate of drug-likeness (QED) is 0.446. The minimum atomic E-state index is -2.77. The fourth-order valence-electron chi connectivity index (χ4n) is 7.05. The van der Waals surface area contributed by atoms with Crippen LogP contribution in [0.4, 0.5) is 8.78 Å². The minimum absolute atomic E-state index is 0.00922. The monoisotopic (exact) mass is 604 g/mol. The molecular weight excluding hydrogens is 558 g/mol. The number of benzene rings is 1. The molecule has 3 amide bonds. The summed E-state index contributed by atoms with van der Waals surface area (Å²) in [5, 5.41) is 6.13. The molecule has 2 N–H and O–H groups in total. The van der Waals surface area contributed by atoms with Gasteiger partial charge in [-0.05, 0) is 44.6 Å². The van der Waals surface area contributed by atoms with Gasteiger partial charge in [-0.2, -0.15) is 0 Å². The van der Waals surface area contributed by atoms with Gasteiger partial charge in [0, 0.05) is 63.0 Å². The van der Waals surface area contributed by atoms with E-state index in [1.54, 1.807) is 11.8 Å². The van der Waals surface area contributed by atoms with E-state index in [1.165, 1.54) is 0 Å². The smallest absolute Gasteiger partial charge is 0.248 e. The number of para-hydroxylation sites is 1. The van der Waals surface area contributed by atoms with Crippen molar-refractivity contribution in [3.05, 3.63) is 29.8 Å². The normalized spacial score (nSPS) is 28.6. The van der Waals surface area contributed by atoms with Crippen LogP contribution in [0, 0.1) is 11.8 Å². The molecule has 5 rings (SSSR count). The van der Waals surface area contributed by atoms with Crippen LogP contribution in [-0.4, -0.2) is 90.5 Å². The third kappa shape index (κ3) is 7.14. The van der Waals surface area contributed by atoms with E-state index in [1.807, 2.05) is 38.1 Å². The van der Waals surface area contributed by atoms with Crippen molar-refractivity contribution in [2.75, 3.05) is 32.8 Å². The second kappa shape index (κ2) is 13.5. The van der Waals surface area contributed by atoms with Crippen LogP contribution in [0.15, 0.2) is 24.3 Å². The standard InChI is InChI=1S/C32H46F2N4O5/c1-4-20(3)29(39)36-28(21-10-13-32(33,34)14-11-21)31(41)38-17-22-16-23(42-5-2)18-37(22)19-26(38)30(40)35-25-12-15-43-27-9-7-6-8-24(25)27/h6-9,20-23,25-26,28H,4-5,10-19H2,1-3H3,(H,35,40)(H,36,39)/t20-,22+,23+,25+,26-,28-/m0/s1. The number of alkyl halides is 2. The van der Waals surface area contributed by atoms with Crippen molar-refractivity contribution in [1.82, 2.24) is 20.4 Å². The Hall–Kier alpha value is -2.79. The summed E-state index contributed by atoms with van der Waals surface area (Å²) < 4.78 is 39.9. The fourth-order valence-corrected chi connectivity index (χ4v) is 7.05. The van der Waals surface area contributed by atoms with E-state index in [2.05, 4.69) is 15.5 Å². The van der Waals surface area contributed by atoms with Gasteiger partial charge < -0.3 is 25.0 Å². The van der Waals surface area contributed by atoms with Crippen molar-refractivity contribution < 1.29 is 32.6 Å². The van der Waals surface area contributed by atoms with Crippen molar-refractivity contribution in [1.29, 1.82) is 0 Å². The predicted molar refractivity (Wildman–Crippen MR) is 157 cm³/mol. The summed E-state index contributed by atoms with van der Waals surface area (Å²) in [6.07, 6.45) is 1.57. The number of fused-ring (bicyclic) bond motifs is 2. The molecule has 0 aromatic heterocycles. The number of nitrogens with zero attached hydrogens (tertiary/aromatic N) is 2. The first-order valence-corrected chi connectivity index (χ1v) is 16.0. The average molecular weight is 605 g/mol. The lowest BCUT2D eigenvalue weighted by Crippen LogP contribution is -2.66. The lowest BCUT2D eigenvalue weighted by molar-refractivity contribution is -0.150. The summed E-state index contributed by atoms with van der Waals surface area (Å²) in [5.41, 5.74) is 0.896. The first kappa shape index (κ1) is 31.6. The molecule has 2 saturated heterocycles. The molecule has 11 heteroatoms. The van der Waals surface area contributed by atoms with Gasteiger partial charge in [-0.3, -0.25) is 19.3 Å². The van der Waals surface area contributed by atoms with E-state index in [0.717, 1.165) is 17.7 Å². The van der Waals surface area contributed by atoms with Gasteiger partial charge in [-0.1, -0.05) is 32.0 Å². The first-order valence-electron chi connectivity index (χ1n) is 16.0. The number of carbonyl (C=O) groups is 3. The topological polar surface area (TPSA) is 100 Å². The van der Waals surface area contributed by atoms with Crippen LogP contribution in [0.3, 0.4) is 0 Å². The molecule has 0 unspecified atom stereocenters. The summed E-state index contributed by atoms with van der Waals surface area (Å²) in [6.45, 7) is 8.01. The Balaban J connectivity index is 1.41. The predicted octanol–water partition coefficient (Wildman–Crippen LogP) is 3.67. The highest BCUT2D eigenvalue weighted by Crippen LogP contribution is 2.39. The van der Waals surface area contributed by atoms with Crippen LogP contribution < -0.4 is 15.4 Å².